The van der Waals surface area contributed by atoms with E-state index in [1.165, 1.54) is 5.56 Å². The summed E-state index contributed by atoms with van der Waals surface area (Å²) in [6.07, 6.45) is 3.74. The largest absolute Gasteiger partial charge is 0.491 e. The van der Waals surface area contributed by atoms with E-state index in [0.29, 0.717) is 6.61 Å². The van der Waals surface area contributed by atoms with Gasteiger partial charge >= 0.3 is 0 Å². The van der Waals surface area contributed by atoms with E-state index in [1.54, 1.807) is 6.20 Å². The van der Waals surface area contributed by atoms with E-state index in [1.807, 2.05) is 42.5 Å². The first-order valence-electron chi connectivity index (χ1n) is 7.04. The molecule has 3 aromatic rings. The predicted molar refractivity (Wildman–Crippen MR) is 87.0 cm³/mol. The lowest BCUT2D eigenvalue weighted by Gasteiger charge is -2.08. The molecule has 0 N–H and O–H groups in total. The molecule has 0 unspecified atom stereocenters. The van der Waals surface area contributed by atoms with Crippen molar-refractivity contribution in [3.8, 4) is 5.75 Å². The van der Waals surface area contributed by atoms with Crippen LogP contribution in [0.3, 0.4) is 0 Å². The first-order valence-corrected chi connectivity index (χ1v) is 7.42. The van der Waals surface area contributed by atoms with E-state index in [0.717, 1.165) is 34.5 Å². The number of fused-ring (bicyclic) bond motifs is 1. The van der Waals surface area contributed by atoms with Crippen LogP contribution < -0.4 is 4.74 Å². The third kappa shape index (κ3) is 3.53. The molecule has 3 rings (SSSR count). The molecule has 2 aromatic carbocycles. The molecular weight excluding hydrogens is 282 g/mol. The lowest BCUT2D eigenvalue weighted by atomic mass is 10.1. The van der Waals surface area contributed by atoms with Crippen LogP contribution in [0.1, 0.15) is 12.0 Å². The van der Waals surface area contributed by atoms with Gasteiger partial charge in [0.1, 0.15) is 11.3 Å². The number of nitrogens with zero attached hydrogens (tertiary/aromatic N) is 1. The zero-order valence-corrected chi connectivity index (χ0v) is 12.4. The van der Waals surface area contributed by atoms with E-state index in [9.17, 15) is 0 Å². The minimum Gasteiger partial charge on any atom is -0.491 e. The van der Waals surface area contributed by atoms with Gasteiger partial charge in [-0.3, -0.25) is 4.98 Å². The summed E-state index contributed by atoms with van der Waals surface area (Å²) < 4.78 is 5.88. The maximum Gasteiger partial charge on any atom is 0.145 e. The second kappa shape index (κ2) is 6.59. The Kier molecular flexibility index (Phi) is 4.37. The highest BCUT2D eigenvalue weighted by Gasteiger charge is 2.02. The van der Waals surface area contributed by atoms with Crippen LogP contribution in [0.5, 0.6) is 5.75 Å². The van der Waals surface area contributed by atoms with Gasteiger partial charge in [-0.1, -0.05) is 41.9 Å². The number of pyridine rings is 1. The van der Waals surface area contributed by atoms with E-state index in [4.69, 9.17) is 16.3 Å². The van der Waals surface area contributed by atoms with Gasteiger partial charge in [0, 0.05) is 16.6 Å². The fourth-order valence-corrected chi connectivity index (χ4v) is 2.43. The lowest BCUT2D eigenvalue weighted by molar-refractivity contribution is 0.314. The summed E-state index contributed by atoms with van der Waals surface area (Å²) in [5, 5.41) is 1.88. The smallest absolute Gasteiger partial charge is 0.145 e. The Morgan fingerprint density at radius 1 is 0.952 bits per heavy atom. The van der Waals surface area contributed by atoms with Crippen molar-refractivity contribution in [3.05, 3.63) is 71.4 Å². The number of ether oxygens (including phenoxy) is 1. The first kappa shape index (κ1) is 13.9. The highest BCUT2D eigenvalue weighted by atomic mass is 35.5. The number of para-hydroxylation sites is 1. The van der Waals surface area contributed by atoms with Crippen LogP contribution in [0.4, 0.5) is 0 Å². The minimum absolute atomic E-state index is 0.679. The average Bonchev–Trinajstić information content (AvgIpc) is 2.53. The van der Waals surface area contributed by atoms with Crippen molar-refractivity contribution in [2.24, 2.45) is 0 Å². The van der Waals surface area contributed by atoms with Gasteiger partial charge in [0.25, 0.3) is 0 Å². The number of hydrogen-bond donors (Lipinski definition) is 0. The van der Waals surface area contributed by atoms with Crippen LogP contribution >= 0.6 is 11.6 Å². The molecule has 0 aliphatic heterocycles. The van der Waals surface area contributed by atoms with Gasteiger partial charge in [0.15, 0.2) is 0 Å². The fourth-order valence-electron chi connectivity index (χ4n) is 2.30. The van der Waals surface area contributed by atoms with Gasteiger partial charge in [0.2, 0.25) is 0 Å². The molecule has 2 nitrogen and oxygen atoms in total. The maximum atomic E-state index is 5.88. The molecule has 0 saturated heterocycles. The highest BCUT2D eigenvalue weighted by molar-refractivity contribution is 6.30. The number of rotatable bonds is 5. The van der Waals surface area contributed by atoms with Crippen LogP contribution in [-0.4, -0.2) is 11.6 Å². The van der Waals surface area contributed by atoms with Crippen molar-refractivity contribution in [2.75, 3.05) is 6.61 Å². The van der Waals surface area contributed by atoms with Gasteiger partial charge < -0.3 is 4.74 Å². The van der Waals surface area contributed by atoms with Crippen LogP contribution in [-0.2, 0) is 6.42 Å². The molecule has 0 bridgehead atoms. The Morgan fingerprint density at radius 3 is 2.62 bits per heavy atom. The number of aryl methyl sites for hydroxylation is 1. The Morgan fingerprint density at radius 2 is 1.76 bits per heavy atom. The van der Waals surface area contributed by atoms with Crippen LogP contribution in [0.15, 0.2) is 60.8 Å². The Labute approximate surface area is 129 Å². The summed E-state index contributed by atoms with van der Waals surface area (Å²) in [4.78, 5) is 4.39. The van der Waals surface area contributed by atoms with Crippen molar-refractivity contribution >= 4 is 22.5 Å². The van der Waals surface area contributed by atoms with E-state index < -0.39 is 0 Å². The molecule has 0 aliphatic rings. The van der Waals surface area contributed by atoms with Gasteiger partial charge in [-0.2, -0.15) is 0 Å². The van der Waals surface area contributed by atoms with Crippen molar-refractivity contribution in [3.63, 3.8) is 0 Å². The van der Waals surface area contributed by atoms with Crippen molar-refractivity contribution < 1.29 is 4.74 Å². The molecule has 0 fully saturated rings. The molecule has 0 saturated carbocycles. The summed E-state index contributed by atoms with van der Waals surface area (Å²) in [6.45, 7) is 0.679. The topological polar surface area (TPSA) is 22.1 Å². The predicted octanol–water partition coefficient (Wildman–Crippen LogP) is 4.90. The Bertz CT molecular complexity index is 719. The van der Waals surface area contributed by atoms with Crippen molar-refractivity contribution in [1.29, 1.82) is 0 Å². The summed E-state index contributed by atoms with van der Waals surface area (Å²) >= 11 is 5.88. The van der Waals surface area contributed by atoms with Crippen molar-refractivity contribution in [2.45, 2.75) is 12.8 Å². The molecular formula is C18H16ClNO. The summed E-state index contributed by atoms with van der Waals surface area (Å²) in [7, 11) is 0. The highest BCUT2D eigenvalue weighted by Crippen LogP contribution is 2.23. The number of aromatic nitrogens is 1. The molecule has 0 radical (unpaired) electrons. The number of benzene rings is 2. The third-order valence-electron chi connectivity index (χ3n) is 3.38. The van der Waals surface area contributed by atoms with Gasteiger partial charge in [-0.15, -0.1) is 0 Å². The standard InChI is InChI=1S/C18H16ClNO/c19-16-10-8-14(9-11-16)4-3-13-21-17-7-1-5-15-6-2-12-20-18(15)17/h1-2,5-12H,3-4,13H2. The van der Waals surface area contributed by atoms with E-state index in [2.05, 4.69) is 17.1 Å². The molecule has 0 atom stereocenters. The van der Waals surface area contributed by atoms with E-state index in [-0.39, 0.29) is 0 Å². The zero-order chi connectivity index (χ0) is 14.5. The average molecular weight is 298 g/mol. The van der Waals surface area contributed by atoms with Crippen molar-refractivity contribution in [1.82, 2.24) is 4.98 Å². The number of halogens is 1. The molecule has 0 amide bonds. The Balaban J connectivity index is 1.58. The monoisotopic (exact) mass is 297 g/mol. The molecule has 3 heteroatoms. The summed E-state index contributed by atoms with van der Waals surface area (Å²) in [5.74, 6) is 0.851. The van der Waals surface area contributed by atoms with Crippen LogP contribution in [0.25, 0.3) is 10.9 Å². The summed E-state index contributed by atoms with van der Waals surface area (Å²) in [6, 6.07) is 18.0. The maximum absolute atomic E-state index is 5.88. The molecule has 0 spiro atoms. The quantitative estimate of drug-likeness (QED) is 0.625. The second-order valence-corrected chi connectivity index (χ2v) is 5.35. The zero-order valence-electron chi connectivity index (χ0n) is 11.6. The molecule has 21 heavy (non-hydrogen) atoms. The van der Waals surface area contributed by atoms with E-state index >= 15 is 0 Å². The van der Waals surface area contributed by atoms with Crippen LogP contribution in [0.2, 0.25) is 5.02 Å². The first-order chi connectivity index (χ1) is 10.3. The normalized spacial score (nSPS) is 10.7. The number of hydrogen-bond acceptors (Lipinski definition) is 2. The fraction of sp³-hybridized carbons (Fsp3) is 0.167. The summed E-state index contributed by atoms with van der Waals surface area (Å²) in [5.41, 5.74) is 2.20. The SMILES string of the molecule is Clc1ccc(CCCOc2cccc3cccnc23)cc1. The third-order valence-corrected chi connectivity index (χ3v) is 3.63. The molecule has 1 aromatic heterocycles. The van der Waals surface area contributed by atoms with Gasteiger partial charge in [0.05, 0.1) is 6.61 Å². The molecule has 1 heterocycles. The van der Waals surface area contributed by atoms with Gasteiger partial charge in [-0.25, -0.2) is 0 Å². The second-order valence-electron chi connectivity index (χ2n) is 4.91. The lowest BCUT2D eigenvalue weighted by Crippen LogP contribution is -2.00. The van der Waals surface area contributed by atoms with Crippen LogP contribution in [0, 0.1) is 0 Å². The Hall–Kier alpha value is -2.06. The molecule has 0 aliphatic carbocycles. The molecule has 106 valence electrons. The minimum atomic E-state index is 0.679. The van der Waals surface area contributed by atoms with Gasteiger partial charge in [-0.05, 0) is 42.7 Å².